The molecule has 2 aromatic rings. The number of hydrogen-bond donors (Lipinski definition) is 0. The number of para-hydroxylation sites is 1. The molecule has 2 heterocycles. The molecule has 1 aliphatic heterocycles. The van der Waals surface area contributed by atoms with Gasteiger partial charge in [-0.2, -0.15) is 5.26 Å². The Kier molecular flexibility index (Phi) is 3.99. The lowest BCUT2D eigenvalue weighted by molar-refractivity contribution is -0.134. The van der Waals surface area contributed by atoms with Crippen LogP contribution in [0.2, 0.25) is 0 Å². The Morgan fingerprint density at radius 3 is 2.83 bits per heavy atom. The molecule has 1 aromatic carbocycles. The molecule has 5 nitrogen and oxygen atoms in total. The van der Waals surface area contributed by atoms with Crippen molar-refractivity contribution in [3.05, 3.63) is 36.5 Å². The quantitative estimate of drug-likeness (QED) is 0.867. The highest BCUT2D eigenvalue weighted by atomic mass is 16.2. The number of nitriles is 1. The van der Waals surface area contributed by atoms with E-state index in [9.17, 15) is 10.1 Å². The second-order valence-electron chi connectivity index (χ2n) is 6.77. The third-order valence-electron chi connectivity index (χ3n) is 5.19. The molecule has 2 fully saturated rings. The van der Waals surface area contributed by atoms with Crippen LogP contribution < -0.4 is 0 Å². The summed E-state index contributed by atoms with van der Waals surface area (Å²) < 4.78 is 2.13. The van der Waals surface area contributed by atoms with Gasteiger partial charge in [0.2, 0.25) is 5.91 Å². The fraction of sp³-hybridized carbons (Fsp3) is 0.474. The minimum Gasteiger partial charge on any atom is -0.347 e. The summed E-state index contributed by atoms with van der Waals surface area (Å²) >= 11 is 0. The zero-order valence-electron chi connectivity index (χ0n) is 13.8. The van der Waals surface area contributed by atoms with Gasteiger partial charge >= 0.3 is 0 Å². The fourth-order valence-corrected chi connectivity index (χ4v) is 3.69. The van der Waals surface area contributed by atoms with E-state index in [4.69, 9.17) is 0 Å². The van der Waals surface area contributed by atoms with Crippen molar-refractivity contribution in [3.63, 3.8) is 0 Å². The van der Waals surface area contributed by atoms with Gasteiger partial charge in [0.1, 0.15) is 6.04 Å². The Morgan fingerprint density at radius 1 is 1.21 bits per heavy atom. The van der Waals surface area contributed by atoms with Crippen molar-refractivity contribution in [1.82, 2.24) is 14.4 Å². The third kappa shape index (κ3) is 2.90. The van der Waals surface area contributed by atoms with Gasteiger partial charge in [-0.15, -0.1) is 0 Å². The standard InChI is InChI=1S/C19H22N4O/c20-13-17-14-22(11-12-23(17)16-5-6-16)19(24)8-10-21-9-7-15-3-1-2-4-18(15)21/h1-4,7,9,16-17H,5-6,8,10-12,14H2. The molecular formula is C19H22N4O. The van der Waals surface area contributed by atoms with Crippen LogP contribution in [0.25, 0.3) is 10.9 Å². The molecule has 1 aliphatic carbocycles. The van der Waals surface area contributed by atoms with Crippen LogP contribution in [0.3, 0.4) is 0 Å². The molecule has 1 unspecified atom stereocenters. The van der Waals surface area contributed by atoms with Gasteiger partial charge in [0, 0.05) is 50.4 Å². The number of benzene rings is 1. The molecule has 5 heteroatoms. The summed E-state index contributed by atoms with van der Waals surface area (Å²) in [5, 5.41) is 10.6. The van der Waals surface area contributed by atoms with Crippen LogP contribution in [0, 0.1) is 11.3 Å². The van der Waals surface area contributed by atoms with Crippen molar-refractivity contribution < 1.29 is 4.79 Å². The first-order valence-electron chi connectivity index (χ1n) is 8.73. The van der Waals surface area contributed by atoms with Crippen LogP contribution >= 0.6 is 0 Å². The maximum absolute atomic E-state index is 12.6. The second kappa shape index (κ2) is 6.29. The summed E-state index contributed by atoms with van der Waals surface area (Å²) in [6, 6.07) is 13.1. The van der Waals surface area contributed by atoms with E-state index >= 15 is 0 Å². The summed E-state index contributed by atoms with van der Waals surface area (Å²) in [7, 11) is 0. The predicted octanol–water partition coefficient (Wildman–Crippen LogP) is 2.23. The van der Waals surface area contributed by atoms with Gasteiger partial charge in [0.05, 0.1) is 6.07 Å². The Hall–Kier alpha value is -2.32. The van der Waals surface area contributed by atoms with E-state index in [0.717, 1.165) is 13.1 Å². The second-order valence-corrected chi connectivity index (χ2v) is 6.77. The number of rotatable bonds is 4. The molecule has 24 heavy (non-hydrogen) atoms. The van der Waals surface area contributed by atoms with Gasteiger partial charge in [-0.1, -0.05) is 18.2 Å². The minimum absolute atomic E-state index is 0.136. The molecule has 1 amide bonds. The van der Waals surface area contributed by atoms with Crippen LogP contribution in [-0.4, -0.2) is 52.0 Å². The average Bonchev–Trinajstić information content (AvgIpc) is 3.39. The van der Waals surface area contributed by atoms with E-state index in [1.165, 1.54) is 23.7 Å². The number of fused-ring (bicyclic) bond motifs is 1. The summed E-state index contributed by atoms with van der Waals surface area (Å²) in [4.78, 5) is 16.7. The highest BCUT2D eigenvalue weighted by molar-refractivity contribution is 5.80. The summed E-state index contributed by atoms with van der Waals surface area (Å²) in [5.74, 6) is 0.156. The van der Waals surface area contributed by atoms with Crippen molar-refractivity contribution in [1.29, 1.82) is 5.26 Å². The van der Waals surface area contributed by atoms with Gasteiger partial charge < -0.3 is 9.47 Å². The summed E-state index contributed by atoms with van der Waals surface area (Å²) in [5.41, 5.74) is 1.17. The molecule has 2 aliphatic rings. The summed E-state index contributed by atoms with van der Waals surface area (Å²) in [6.45, 7) is 2.83. The van der Waals surface area contributed by atoms with E-state index in [0.29, 0.717) is 25.6 Å². The Balaban J connectivity index is 1.37. The molecule has 124 valence electrons. The zero-order valence-corrected chi connectivity index (χ0v) is 13.8. The van der Waals surface area contributed by atoms with E-state index in [2.05, 4.69) is 33.7 Å². The van der Waals surface area contributed by atoms with Gasteiger partial charge in [0.25, 0.3) is 0 Å². The van der Waals surface area contributed by atoms with E-state index in [-0.39, 0.29) is 11.9 Å². The Labute approximate surface area is 142 Å². The molecular weight excluding hydrogens is 300 g/mol. The maximum Gasteiger partial charge on any atom is 0.224 e. The van der Waals surface area contributed by atoms with Gasteiger partial charge in [0.15, 0.2) is 0 Å². The first kappa shape index (κ1) is 15.2. The number of nitrogens with zero attached hydrogens (tertiary/aromatic N) is 4. The van der Waals surface area contributed by atoms with Crippen LogP contribution in [0.4, 0.5) is 0 Å². The number of hydrogen-bond acceptors (Lipinski definition) is 3. The molecule has 4 rings (SSSR count). The van der Waals surface area contributed by atoms with Crippen LogP contribution in [-0.2, 0) is 11.3 Å². The van der Waals surface area contributed by atoms with Gasteiger partial charge in [-0.3, -0.25) is 9.69 Å². The lowest BCUT2D eigenvalue weighted by Gasteiger charge is -2.38. The molecule has 1 atom stereocenters. The Morgan fingerprint density at radius 2 is 2.04 bits per heavy atom. The van der Waals surface area contributed by atoms with Gasteiger partial charge in [-0.25, -0.2) is 0 Å². The monoisotopic (exact) mass is 322 g/mol. The number of amides is 1. The Bertz CT molecular complexity index is 786. The first-order valence-corrected chi connectivity index (χ1v) is 8.73. The molecule has 1 aromatic heterocycles. The molecule has 1 saturated heterocycles. The summed E-state index contributed by atoms with van der Waals surface area (Å²) in [6.07, 6.45) is 4.93. The average molecular weight is 322 g/mol. The van der Waals surface area contributed by atoms with Crippen LogP contribution in [0.5, 0.6) is 0 Å². The van der Waals surface area contributed by atoms with Crippen molar-refractivity contribution in [2.45, 2.75) is 37.9 Å². The van der Waals surface area contributed by atoms with Crippen molar-refractivity contribution in [2.75, 3.05) is 19.6 Å². The largest absolute Gasteiger partial charge is 0.347 e. The van der Waals surface area contributed by atoms with E-state index in [1.54, 1.807) is 0 Å². The predicted molar refractivity (Wildman–Crippen MR) is 92.3 cm³/mol. The van der Waals surface area contributed by atoms with Crippen LogP contribution in [0.15, 0.2) is 36.5 Å². The lowest BCUT2D eigenvalue weighted by atomic mass is 10.1. The third-order valence-corrected chi connectivity index (χ3v) is 5.19. The molecule has 0 radical (unpaired) electrons. The van der Waals surface area contributed by atoms with Crippen molar-refractivity contribution in [2.24, 2.45) is 0 Å². The molecule has 1 saturated carbocycles. The van der Waals surface area contributed by atoms with E-state index in [1.807, 2.05) is 23.2 Å². The molecule has 0 N–H and O–H groups in total. The van der Waals surface area contributed by atoms with Gasteiger partial charge in [-0.05, 0) is 30.4 Å². The smallest absolute Gasteiger partial charge is 0.224 e. The zero-order chi connectivity index (χ0) is 16.5. The van der Waals surface area contributed by atoms with E-state index < -0.39 is 0 Å². The number of aromatic nitrogens is 1. The maximum atomic E-state index is 12.6. The lowest BCUT2D eigenvalue weighted by Crippen LogP contribution is -2.55. The minimum atomic E-state index is -0.136. The topological polar surface area (TPSA) is 52.3 Å². The highest BCUT2D eigenvalue weighted by Crippen LogP contribution is 2.30. The normalized spacial score (nSPS) is 21.8. The number of carbonyl (C=O) groups is 1. The highest BCUT2D eigenvalue weighted by Gasteiger charge is 2.38. The number of carbonyl (C=O) groups excluding carboxylic acids is 1. The van der Waals surface area contributed by atoms with Crippen molar-refractivity contribution in [3.8, 4) is 6.07 Å². The SMILES string of the molecule is N#CC1CN(C(=O)CCn2ccc3ccccc32)CCN1C1CC1. The van der Waals surface area contributed by atoms with Crippen molar-refractivity contribution >= 4 is 16.8 Å². The number of aryl methyl sites for hydroxylation is 1. The number of piperazine rings is 1. The van der Waals surface area contributed by atoms with Crippen LogP contribution in [0.1, 0.15) is 19.3 Å². The molecule has 0 bridgehead atoms. The fourth-order valence-electron chi connectivity index (χ4n) is 3.69. The molecule has 0 spiro atoms. The first-order chi connectivity index (χ1) is 11.8.